The van der Waals surface area contributed by atoms with Gasteiger partial charge in [-0.15, -0.1) is 0 Å². The van der Waals surface area contributed by atoms with Gasteiger partial charge in [0.25, 0.3) is 0 Å². The van der Waals surface area contributed by atoms with Crippen LogP contribution in [0.3, 0.4) is 0 Å². The lowest BCUT2D eigenvalue weighted by Crippen LogP contribution is -2.27. The maximum absolute atomic E-state index is 9.04. The molecule has 4 nitrogen and oxygen atoms in total. The Morgan fingerprint density at radius 2 is 2.00 bits per heavy atom. The molecule has 2 atom stereocenters. The van der Waals surface area contributed by atoms with E-state index in [9.17, 15) is 0 Å². The first-order valence-electron chi connectivity index (χ1n) is 6.80. The van der Waals surface area contributed by atoms with Crippen LogP contribution in [0.25, 0.3) is 0 Å². The summed E-state index contributed by atoms with van der Waals surface area (Å²) in [5, 5.41) is 12.5. The van der Waals surface area contributed by atoms with E-state index in [-0.39, 0.29) is 12.6 Å². The maximum Gasteiger partial charge on any atom is 0.0782 e. The van der Waals surface area contributed by atoms with E-state index in [2.05, 4.69) is 29.1 Å². The number of aromatic nitrogens is 2. The molecule has 0 aliphatic heterocycles. The molecule has 0 aliphatic carbocycles. The molecule has 0 spiro atoms. The average Bonchev–Trinajstić information content (AvgIpc) is 2.36. The van der Waals surface area contributed by atoms with Gasteiger partial charge in [-0.3, -0.25) is 9.97 Å². The monoisotopic (exact) mass is 251 g/mol. The molecule has 0 saturated carbocycles. The number of hydrogen-bond donors (Lipinski definition) is 2. The minimum absolute atomic E-state index is 0.205. The Morgan fingerprint density at radius 1 is 1.28 bits per heavy atom. The minimum Gasteiger partial charge on any atom is -0.396 e. The molecule has 4 heteroatoms. The number of nitrogens with zero attached hydrogens (tertiary/aromatic N) is 2. The summed E-state index contributed by atoms with van der Waals surface area (Å²) in [6, 6.07) is 0.205. The van der Waals surface area contributed by atoms with Gasteiger partial charge in [0.15, 0.2) is 0 Å². The quantitative estimate of drug-likeness (QED) is 0.744. The van der Waals surface area contributed by atoms with Gasteiger partial charge >= 0.3 is 0 Å². The van der Waals surface area contributed by atoms with Crippen molar-refractivity contribution in [3.63, 3.8) is 0 Å². The Bertz CT molecular complexity index is 338. The molecule has 1 aromatic heterocycles. The van der Waals surface area contributed by atoms with E-state index < -0.39 is 0 Å². The molecule has 1 rings (SSSR count). The number of nitrogens with one attached hydrogen (secondary N) is 1. The third-order valence-corrected chi connectivity index (χ3v) is 3.28. The molecule has 2 unspecified atom stereocenters. The Morgan fingerprint density at radius 3 is 2.61 bits per heavy atom. The highest BCUT2D eigenvalue weighted by Crippen LogP contribution is 2.15. The van der Waals surface area contributed by atoms with Crippen molar-refractivity contribution in [2.24, 2.45) is 5.92 Å². The third-order valence-electron chi connectivity index (χ3n) is 3.28. The summed E-state index contributed by atoms with van der Waals surface area (Å²) in [6.45, 7) is 7.47. The predicted molar refractivity (Wildman–Crippen MR) is 73.3 cm³/mol. The van der Waals surface area contributed by atoms with Gasteiger partial charge in [0.2, 0.25) is 0 Å². The molecule has 0 bridgehead atoms. The lowest BCUT2D eigenvalue weighted by atomic mass is 9.99. The molecule has 18 heavy (non-hydrogen) atoms. The van der Waals surface area contributed by atoms with Crippen LogP contribution in [0.4, 0.5) is 0 Å². The highest BCUT2D eigenvalue weighted by molar-refractivity contribution is 5.12. The van der Waals surface area contributed by atoms with Crippen LogP contribution in [0.15, 0.2) is 12.4 Å². The fourth-order valence-electron chi connectivity index (χ4n) is 2.22. The first-order valence-corrected chi connectivity index (χ1v) is 6.80. The van der Waals surface area contributed by atoms with Crippen molar-refractivity contribution in [1.82, 2.24) is 15.3 Å². The summed E-state index contributed by atoms with van der Waals surface area (Å²) in [4.78, 5) is 8.63. The first-order chi connectivity index (χ1) is 8.69. The van der Waals surface area contributed by atoms with E-state index in [0.29, 0.717) is 5.92 Å². The summed E-state index contributed by atoms with van der Waals surface area (Å²) in [5.74, 6) is 0.541. The molecule has 0 fully saturated rings. The second-order valence-corrected chi connectivity index (χ2v) is 4.82. The fourth-order valence-corrected chi connectivity index (χ4v) is 2.22. The highest BCUT2D eigenvalue weighted by atomic mass is 16.3. The van der Waals surface area contributed by atoms with E-state index in [1.165, 1.54) is 0 Å². The topological polar surface area (TPSA) is 58.0 Å². The molecule has 0 amide bonds. The Balaban J connectivity index is 2.49. The summed E-state index contributed by atoms with van der Waals surface area (Å²) in [7, 11) is 0. The van der Waals surface area contributed by atoms with Crippen LogP contribution >= 0.6 is 0 Å². The number of aliphatic hydroxyl groups excluding tert-OH is 1. The second kappa shape index (κ2) is 8.16. The van der Waals surface area contributed by atoms with Crippen molar-refractivity contribution >= 4 is 0 Å². The van der Waals surface area contributed by atoms with Gasteiger partial charge in [0.05, 0.1) is 11.4 Å². The van der Waals surface area contributed by atoms with E-state index in [4.69, 9.17) is 5.11 Å². The van der Waals surface area contributed by atoms with Gasteiger partial charge in [0, 0.05) is 25.0 Å². The van der Waals surface area contributed by atoms with Gasteiger partial charge in [-0.1, -0.05) is 13.3 Å². The minimum atomic E-state index is 0.205. The number of aliphatic hydroxyl groups is 1. The molecular formula is C14H25N3O. The first kappa shape index (κ1) is 15.1. The van der Waals surface area contributed by atoms with Crippen molar-refractivity contribution in [2.75, 3.05) is 13.2 Å². The standard InChI is InChI=1S/C14H25N3O/c1-4-5-13(6-9-18)10-17-12(3)14-11(2)15-7-8-16-14/h7-8,12-13,17-18H,4-6,9-10H2,1-3H3. The second-order valence-electron chi connectivity index (χ2n) is 4.82. The highest BCUT2D eigenvalue weighted by Gasteiger charge is 2.13. The van der Waals surface area contributed by atoms with Crippen LogP contribution in [-0.4, -0.2) is 28.2 Å². The van der Waals surface area contributed by atoms with E-state index >= 15 is 0 Å². The lowest BCUT2D eigenvalue weighted by molar-refractivity contribution is 0.245. The van der Waals surface area contributed by atoms with E-state index in [1.807, 2.05) is 6.92 Å². The normalized spacial score (nSPS) is 14.4. The van der Waals surface area contributed by atoms with Crippen LogP contribution < -0.4 is 5.32 Å². The fraction of sp³-hybridized carbons (Fsp3) is 0.714. The van der Waals surface area contributed by atoms with Gasteiger partial charge < -0.3 is 10.4 Å². The van der Waals surface area contributed by atoms with Crippen molar-refractivity contribution in [2.45, 2.75) is 46.1 Å². The number of rotatable bonds is 8. The molecule has 0 aliphatic rings. The Labute approximate surface area is 110 Å². The molecule has 1 heterocycles. The van der Waals surface area contributed by atoms with Crippen LogP contribution in [0.5, 0.6) is 0 Å². The van der Waals surface area contributed by atoms with Crippen LogP contribution in [0.1, 0.15) is 50.5 Å². The Hall–Kier alpha value is -1.00. The van der Waals surface area contributed by atoms with Crippen molar-refractivity contribution in [3.05, 3.63) is 23.8 Å². The zero-order valence-corrected chi connectivity index (χ0v) is 11.7. The van der Waals surface area contributed by atoms with E-state index in [1.54, 1.807) is 12.4 Å². The van der Waals surface area contributed by atoms with Crippen molar-refractivity contribution in [1.29, 1.82) is 0 Å². The third kappa shape index (κ3) is 4.70. The van der Waals surface area contributed by atoms with Gasteiger partial charge in [-0.25, -0.2) is 0 Å². The summed E-state index contributed by atoms with van der Waals surface area (Å²) in [6.07, 6.45) is 6.63. The lowest BCUT2D eigenvalue weighted by Gasteiger charge is -2.20. The van der Waals surface area contributed by atoms with Crippen LogP contribution in [-0.2, 0) is 0 Å². The van der Waals surface area contributed by atoms with Crippen LogP contribution in [0.2, 0.25) is 0 Å². The summed E-state index contributed by atoms with van der Waals surface area (Å²) < 4.78 is 0. The van der Waals surface area contributed by atoms with Crippen LogP contribution in [0, 0.1) is 12.8 Å². The average molecular weight is 251 g/mol. The summed E-state index contributed by atoms with van der Waals surface area (Å²) >= 11 is 0. The maximum atomic E-state index is 9.04. The molecule has 2 N–H and O–H groups in total. The molecule has 0 radical (unpaired) electrons. The van der Waals surface area contributed by atoms with E-state index in [0.717, 1.165) is 37.2 Å². The van der Waals surface area contributed by atoms with Gasteiger partial charge in [-0.05, 0) is 39.2 Å². The SMILES string of the molecule is CCCC(CCO)CNC(C)c1nccnc1C. The Kier molecular flexibility index (Phi) is 6.83. The number of hydrogen-bond acceptors (Lipinski definition) is 4. The van der Waals surface area contributed by atoms with Crippen molar-refractivity contribution in [3.8, 4) is 0 Å². The van der Waals surface area contributed by atoms with Crippen molar-refractivity contribution < 1.29 is 5.11 Å². The smallest absolute Gasteiger partial charge is 0.0782 e. The van der Waals surface area contributed by atoms with Gasteiger partial charge in [0.1, 0.15) is 0 Å². The molecule has 0 aromatic carbocycles. The molecule has 1 aromatic rings. The molecular weight excluding hydrogens is 226 g/mol. The zero-order valence-electron chi connectivity index (χ0n) is 11.7. The van der Waals surface area contributed by atoms with Gasteiger partial charge in [-0.2, -0.15) is 0 Å². The largest absolute Gasteiger partial charge is 0.396 e. The molecule has 102 valence electrons. The zero-order chi connectivity index (χ0) is 13.4. The molecule has 0 saturated heterocycles. The number of aryl methyl sites for hydroxylation is 1. The summed E-state index contributed by atoms with van der Waals surface area (Å²) in [5.41, 5.74) is 1.99. The predicted octanol–water partition coefficient (Wildman–Crippen LogP) is 2.23.